The van der Waals surface area contributed by atoms with Crippen LogP contribution in [0.5, 0.6) is 5.75 Å². The number of carbonyl (C=O) groups is 1. The molecule has 2 heterocycles. The van der Waals surface area contributed by atoms with Gasteiger partial charge in [0.05, 0.1) is 5.52 Å². The summed E-state index contributed by atoms with van der Waals surface area (Å²) < 4.78 is 4.81. The predicted octanol–water partition coefficient (Wildman–Crippen LogP) is 3.21. The molecule has 1 aromatic carbocycles. The Morgan fingerprint density at radius 3 is 3.05 bits per heavy atom. The molecule has 22 heavy (non-hydrogen) atoms. The number of nitrogens with one attached hydrogen (secondary N) is 1. The summed E-state index contributed by atoms with van der Waals surface area (Å²) in [6.45, 7) is 6.52. The molecule has 1 unspecified atom stereocenters. The Morgan fingerprint density at radius 2 is 2.32 bits per heavy atom. The van der Waals surface area contributed by atoms with Gasteiger partial charge in [-0.25, -0.2) is 9.78 Å². The van der Waals surface area contributed by atoms with Crippen LogP contribution in [0.2, 0.25) is 0 Å². The van der Waals surface area contributed by atoms with Gasteiger partial charge in [-0.2, -0.15) is 0 Å². The van der Waals surface area contributed by atoms with Gasteiger partial charge < -0.3 is 19.7 Å². The molecule has 2 N–H and O–H groups in total. The van der Waals surface area contributed by atoms with E-state index in [0.717, 1.165) is 37.3 Å². The number of fused-ring (bicyclic) bond motifs is 1. The van der Waals surface area contributed by atoms with Gasteiger partial charge in [0, 0.05) is 18.5 Å². The van der Waals surface area contributed by atoms with Crippen LogP contribution in [0.15, 0.2) is 18.2 Å². The molecule has 0 saturated carbocycles. The van der Waals surface area contributed by atoms with E-state index in [0.29, 0.717) is 17.5 Å². The van der Waals surface area contributed by atoms with Gasteiger partial charge in [-0.1, -0.05) is 6.07 Å². The highest BCUT2D eigenvalue weighted by atomic mass is 16.7. The van der Waals surface area contributed by atoms with E-state index >= 15 is 0 Å². The van der Waals surface area contributed by atoms with Crippen LogP contribution < -0.4 is 4.74 Å². The number of rotatable bonds is 3. The summed E-state index contributed by atoms with van der Waals surface area (Å²) in [5.41, 5.74) is 1.40. The lowest BCUT2D eigenvalue weighted by molar-refractivity contribution is 0.145. The number of carboxylic acid groups (broad SMARTS) is 1. The highest BCUT2D eigenvalue weighted by molar-refractivity contribution is 5.83. The second-order valence-corrected chi connectivity index (χ2v) is 6.07. The summed E-state index contributed by atoms with van der Waals surface area (Å²) in [6.07, 6.45) is 0.928. The van der Waals surface area contributed by atoms with Crippen molar-refractivity contribution in [1.82, 2.24) is 14.9 Å². The molecule has 1 saturated heterocycles. The Labute approximate surface area is 129 Å². The first-order valence-electron chi connectivity index (χ1n) is 7.68. The molecule has 0 bridgehead atoms. The summed E-state index contributed by atoms with van der Waals surface area (Å²) in [7, 11) is 0. The number of para-hydroxylation sites is 1. The van der Waals surface area contributed by atoms with Crippen LogP contribution in [0.4, 0.5) is 4.79 Å². The number of benzene rings is 1. The van der Waals surface area contributed by atoms with E-state index in [4.69, 9.17) is 9.84 Å². The van der Waals surface area contributed by atoms with E-state index in [-0.39, 0.29) is 5.75 Å². The summed E-state index contributed by atoms with van der Waals surface area (Å²) >= 11 is 0. The first kappa shape index (κ1) is 14.8. The van der Waals surface area contributed by atoms with Crippen LogP contribution in [0, 0.1) is 0 Å². The van der Waals surface area contributed by atoms with Crippen LogP contribution in [-0.4, -0.2) is 45.3 Å². The van der Waals surface area contributed by atoms with E-state index < -0.39 is 6.16 Å². The Kier molecular flexibility index (Phi) is 4.02. The molecule has 1 aliphatic rings. The van der Waals surface area contributed by atoms with Gasteiger partial charge in [-0.3, -0.25) is 0 Å². The summed E-state index contributed by atoms with van der Waals surface area (Å²) in [4.78, 5) is 21.2. The van der Waals surface area contributed by atoms with Crippen LogP contribution in [-0.2, 0) is 0 Å². The van der Waals surface area contributed by atoms with Crippen molar-refractivity contribution >= 4 is 17.2 Å². The first-order chi connectivity index (χ1) is 10.5. The predicted molar refractivity (Wildman–Crippen MR) is 83.4 cm³/mol. The normalized spacial score (nSPS) is 19.7. The van der Waals surface area contributed by atoms with Gasteiger partial charge in [0.2, 0.25) is 0 Å². The lowest BCUT2D eigenvalue weighted by Gasteiger charge is -2.34. The molecule has 118 valence electrons. The van der Waals surface area contributed by atoms with Gasteiger partial charge in [0.15, 0.2) is 5.75 Å². The van der Waals surface area contributed by atoms with E-state index in [1.807, 2.05) is 6.07 Å². The topological polar surface area (TPSA) is 78.5 Å². The molecule has 1 fully saturated rings. The number of aromatic amines is 1. The highest BCUT2D eigenvalue weighted by Crippen LogP contribution is 2.30. The van der Waals surface area contributed by atoms with Crippen molar-refractivity contribution in [2.45, 2.75) is 38.6 Å². The number of hydrogen-bond acceptors (Lipinski definition) is 4. The molecule has 1 aromatic heterocycles. The smallest absolute Gasteiger partial charge is 0.449 e. The second-order valence-electron chi connectivity index (χ2n) is 6.07. The standard InChI is InChI=1S/C16H21N3O3/c1-10(2)19-8-4-5-11(9-19)15-17-12-6-3-7-13(14(12)18-15)22-16(20)21/h3,6-7,10-11H,4-5,8-9H2,1-2H3,(H,17,18)(H,20,21). The van der Waals surface area contributed by atoms with Crippen LogP contribution in [0.25, 0.3) is 11.0 Å². The third-order valence-electron chi connectivity index (χ3n) is 4.26. The van der Waals surface area contributed by atoms with E-state index in [1.165, 1.54) is 0 Å². The van der Waals surface area contributed by atoms with Gasteiger partial charge in [0.1, 0.15) is 11.3 Å². The van der Waals surface area contributed by atoms with Gasteiger partial charge in [-0.05, 0) is 45.4 Å². The Morgan fingerprint density at radius 1 is 1.50 bits per heavy atom. The number of nitrogens with zero attached hydrogens (tertiary/aromatic N) is 2. The minimum Gasteiger partial charge on any atom is -0.449 e. The minimum atomic E-state index is -1.32. The second kappa shape index (κ2) is 5.96. The largest absolute Gasteiger partial charge is 0.511 e. The maximum Gasteiger partial charge on any atom is 0.511 e. The van der Waals surface area contributed by atoms with Gasteiger partial charge in [-0.15, -0.1) is 0 Å². The van der Waals surface area contributed by atoms with Crippen molar-refractivity contribution in [3.63, 3.8) is 0 Å². The van der Waals surface area contributed by atoms with Crippen molar-refractivity contribution < 1.29 is 14.6 Å². The first-order valence-corrected chi connectivity index (χ1v) is 7.68. The third-order valence-corrected chi connectivity index (χ3v) is 4.26. The van der Waals surface area contributed by atoms with E-state index in [9.17, 15) is 4.79 Å². The average molecular weight is 303 g/mol. The minimum absolute atomic E-state index is 0.282. The molecule has 0 radical (unpaired) electrons. The van der Waals surface area contributed by atoms with E-state index in [1.54, 1.807) is 12.1 Å². The van der Waals surface area contributed by atoms with Crippen LogP contribution >= 0.6 is 0 Å². The van der Waals surface area contributed by atoms with E-state index in [2.05, 4.69) is 28.7 Å². The van der Waals surface area contributed by atoms with Crippen molar-refractivity contribution in [1.29, 1.82) is 0 Å². The lowest BCUT2D eigenvalue weighted by atomic mass is 9.96. The molecule has 0 spiro atoms. The van der Waals surface area contributed by atoms with Gasteiger partial charge in [0.25, 0.3) is 0 Å². The summed E-state index contributed by atoms with van der Waals surface area (Å²) in [5.74, 6) is 1.55. The molecule has 0 amide bonds. The van der Waals surface area contributed by atoms with Crippen LogP contribution in [0.3, 0.4) is 0 Å². The zero-order chi connectivity index (χ0) is 15.7. The van der Waals surface area contributed by atoms with Crippen molar-refractivity contribution in [2.75, 3.05) is 13.1 Å². The monoisotopic (exact) mass is 303 g/mol. The highest BCUT2D eigenvalue weighted by Gasteiger charge is 2.25. The molecule has 6 nitrogen and oxygen atoms in total. The molecular weight excluding hydrogens is 282 g/mol. The lowest BCUT2D eigenvalue weighted by Crippen LogP contribution is -2.39. The molecule has 2 aromatic rings. The fourth-order valence-electron chi connectivity index (χ4n) is 3.09. The molecule has 1 atom stereocenters. The maximum atomic E-state index is 10.8. The number of likely N-dealkylation sites (tertiary alicyclic amines) is 1. The number of ether oxygens (including phenoxy) is 1. The van der Waals surface area contributed by atoms with Crippen molar-refractivity contribution in [2.24, 2.45) is 0 Å². The zero-order valence-corrected chi connectivity index (χ0v) is 12.9. The average Bonchev–Trinajstić information content (AvgIpc) is 2.92. The third kappa shape index (κ3) is 2.92. The zero-order valence-electron chi connectivity index (χ0n) is 12.9. The van der Waals surface area contributed by atoms with Crippen molar-refractivity contribution in [3.8, 4) is 5.75 Å². The summed E-state index contributed by atoms with van der Waals surface area (Å²) in [6, 6.07) is 5.81. The molecule has 3 rings (SSSR count). The SMILES string of the molecule is CC(C)N1CCCC(c2nc3c(OC(=O)O)cccc3[nH]2)C1. The summed E-state index contributed by atoms with van der Waals surface area (Å²) in [5, 5.41) is 8.81. The maximum absolute atomic E-state index is 10.8. The van der Waals surface area contributed by atoms with Gasteiger partial charge >= 0.3 is 6.16 Å². The quantitative estimate of drug-likeness (QED) is 0.672. The molecule has 1 aliphatic heterocycles. The molecule has 6 heteroatoms. The Balaban J connectivity index is 1.90. The number of hydrogen-bond donors (Lipinski definition) is 2. The van der Waals surface area contributed by atoms with Crippen molar-refractivity contribution in [3.05, 3.63) is 24.0 Å². The Bertz CT molecular complexity index is 680. The van der Waals surface area contributed by atoms with Crippen LogP contribution in [0.1, 0.15) is 38.4 Å². The number of H-pyrrole nitrogens is 1. The number of piperidine rings is 1. The fraction of sp³-hybridized carbons (Fsp3) is 0.500. The fourth-order valence-corrected chi connectivity index (χ4v) is 3.09. The number of imidazole rings is 1. The Hall–Kier alpha value is -2.08. The molecular formula is C16H21N3O3. The number of aromatic nitrogens is 2. The molecule has 0 aliphatic carbocycles.